The summed E-state index contributed by atoms with van der Waals surface area (Å²) in [6.45, 7) is 8.28. The van der Waals surface area contributed by atoms with Crippen molar-refractivity contribution in [3.8, 4) is 0 Å². The van der Waals surface area contributed by atoms with Crippen molar-refractivity contribution < 1.29 is 19.1 Å². The first-order valence-corrected chi connectivity index (χ1v) is 11.5. The highest BCUT2D eigenvalue weighted by atomic mass is 35.5. The Kier molecular flexibility index (Phi) is 12.3. The predicted molar refractivity (Wildman–Crippen MR) is 125 cm³/mol. The van der Waals surface area contributed by atoms with Gasteiger partial charge in [-0.3, -0.25) is 9.59 Å². The summed E-state index contributed by atoms with van der Waals surface area (Å²) in [6, 6.07) is 6.07. The van der Waals surface area contributed by atoms with Crippen LogP contribution in [0.25, 0.3) is 0 Å². The Morgan fingerprint density at radius 1 is 1.03 bits per heavy atom. The van der Waals surface area contributed by atoms with E-state index in [1.807, 2.05) is 38.1 Å². The van der Waals surface area contributed by atoms with Gasteiger partial charge in [-0.05, 0) is 30.5 Å². The van der Waals surface area contributed by atoms with Crippen LogP contribution in [0.4, 0.5) is 5.69 Å². The third-order valence-electron chi connectivity index (χ3n) is 4.65. The quantitative estimate of drug-likeness (QED) is 0.339. The first-order chi connectivity index (χ1) is 14.7. The summed E-state index contributed by atoms with van der Waals surface area (Å²) in [5, 5.41) is 5.40. The Bertz CT molecular complexity index is 707. The maximum atomic E-state index is 12.9. The molecule has 1 rings (SSSR count). The summed E-state index contributed by atoms with van der Waals surface area (Å²) in [7, 11) is 0. The number of esters is 1. The second-order valence-electron chi connectivity index (χ2n) is 7.47. The van der Waals surface area contributed by atoms with Crippen molar-refractivity contribution in [3.05, 3.63) is 29.8 Å². The van der Waals surface area contributed by atoms with Gasteiger partial charge in [-0.2, -0.15) is 0 Å². The highest BCUT2D eigenvalue weighted by Gasteiger charge is 2.29. The number of ether oxygens (including phenoxy) is 1. The van der Waals surface area contributed by atoms with E-state index >= 15 is 0 Å². The van der Waals surface area contributed by atoms with Crippen LogP contribution in [0.1, 0.15) is 33.3 Å². The molecular weight excluding hydrogens is 441 g/mol. The molecule has 0 aliphatic rings. The number of alkyl halides is 2. The highest BCUT2D eigenvalue weighted by Crippen LogP contribution is 2.17. The number of nitrogens with zero attached hydrogens (tertiary/aromatic N) is 1. The predicted octanol–water partition coefficient (Wildman–Crippen LogP) is 2.72. The first kappa shape index (κ1) is 27.0. The number of hydrogen-bond donors (Lipinski definition) is 2. The standard InChI is InChI=1S/C22H33Cl2N3O4/c1-5-31-22(30)20(15(2)3)26-21(29)19(25-16(4)28)14-17-6-8-18(9-7-17)27(12-10-23)13-11-24/h6-9,15,19-20H,5,10-14H2,1-4H3,(H,25,28)(H,26,29)/t19?,20-/m1/s1. The number of carbonyl (C=O) groups excluding carboxylic acids is 3. The zero-order chi connectivity index (χ0) is 23.4. The van der Waals surface area contributed by atoms with Crippen molar-refractivity contribution in [1.29, 1.82) is 0 Å². The Balaban J connectivity index is 2.95. The van der Waals surface area contributed by atoms with E-state index in [9.17, 15) is 14.4 Å². The van der Waals surface area contributed by atoms with E-state index in [4.69, 9.17) is 27.9 Å². The van der Waals surface area contributed by atoms with Crippen LogP contribution in [0.3, 0.4) is 0 Å². The number of carbonyl (C=O) groups is 3. The zero-order valence-electron chi connectivity index (χ0n) is 18.6. The minimum Gasteiger partial charge on any atom is -0.464 e. The van der Waals surface area contributed by atoms with Crippen LogP contribution in [0.2, 0.25) is 0 Å². The Labute approximate surface area is 194 Å². The summed E-state index contributed by atoms with van der Waals surface area (Å²) in [4.78, 5) is 38.8. The second kappa shape index (κ2) is 14.1. The summed E-state index contributed by atoms with van der Waals surface area (Å²) >= 11 is 11.7. The maximum Gasteiger partial charge on any atom is 0.328 e. The van der Waals surface area contributed by atoms with Crippen molar-refractivity contribution in [2.75, 3.05) is 36.4 Å². The summed E-state index contributed by atoms with van der Waals surface area (Å²) in [5.74, 6) is -0.436. The SMILES string of the molecule is CCOC(=O)[C@H](NC(=O)C(Cc1ccc(N(CCCl)CCCl)cc1)NC(C)=O)C(C)C. The Hall–Kier alpha value is -1.99. The smallest absolute Gasteiger partial charge is 0.328 e. The number of amides is 2. The van der Waals surface area contributed by atoms with Gasteiger partial charge in [0.25, 0.3) is 0 Å². The molecule has 0 saturated carbocycles. The fourth-order valence-corrected chi connectivity index (χ4v) is 3.50. The van der Waals surface area contributed by atoms with Gasteiger partial charge in [-0.25, -0.2) is 4.79 Å². The number of nitrogens with one attached hydrogen (secondary N) is 2. The molecule has 0 bridgehead atoms. The average Bonchev–Trinajstić information content (AvgIpc) is 2.71. The molecule has 2 amide bonds. The zero-order valence-corrected chi connectivity index (χ0v) is 20.1. The monoisotopic (exact) mass is 473 g/mol. The van der Waals surface area contributed by atoms with E-state index in [0.717, 1.165) is 11.3 Å². The minimum atomic E-state index is -0.819. The fourth-order valence-electron chi connectivity index (χ4n) is 3.09. The van der Waals surface area contributed by atoms with E-state index in [1.54, 1.807) is 6.92 Å². The third kappa shape index (κ3) is 9.35. The second-order valence-corrected chi connectivity index (χ2v) is 8.23. The molecule has 0 aliphatic heterocycles. The summed E-state index contributed by atoms with van der Waals surface area (Å²) in [6.07, 6.45) is 0.282. The molecule has 0 spiro atoms. The van der Waals surface area contributed by atoms with Crippen LogP contribution in [0, 0.1) is 5.92 Å². The average molecular weight is 474 g/mol. The lowest BCUT2D eigenvalue weighted by molar-refractivity contribution is -0.149. The van der Waals surface area contributed by atoms with Crippen molar-refractivity contribution >= 4 is 46.7 Å². The maximum absolute atomic E-state index is 12.9. The highest BCUT2D eigenvalue weighted by molar-refractivity contribution is 6.18. The molecule has 1 unspecified atom stereocenters. The molecule has 0 saturated heterocycles. The molecule has 0 fully saturated rings. The Morgan fingerprint density at radius 2 is 1.61 bits per heavy atom. The molecule has 7 nitrogen and oxygen atoms in total. The minimum absolute atomic E-state index is 0.157. The number of benzene rings is 1. The fraction of sp³-hybridized carbons (Fsp3) is 0.591. The molecule has 31 heavy (non-hydrogen) atoms. The van der Waals surface area contributed by atoms with Crippen LogP contribution in [-0.2, 0) is 25.5 Å². The third-order valence-corrected chi connectivity index (χ3v) is 4.99. The van der Waals surface area contributed by atoms with Crippen LogP contribution in [0.5, 0.6) is 0 Å². The van der Waals surface area contributed by atoms with Crippen molar-refractivity contribution in [2.24, 2.45) is 5.92 Å². The molecule has 2 atom stereocenters. The summed E-state index contributed by atoms with van der Waals surface area (Å²) in [5.41, 5.74) is 1.85. The number of anilines is 1. The van der Waals surface area contributed by atoms with Crippen LogP contribution in [0.15, 0.2) is 24.3 Å². The van der Waals surface area contributed by atoms with Gasteiger partial charge in [0, 0.05) is 43.9 Å². The number of halogens is 2. The van der Waals surface area contributed by atoms with Crippen LogP contribution < -0.4 is 15.5 Å². The lowest BCUT2D eigenvalue weighted by Crippen LogP contribution is -2.54. The van der Waals surface area contributed by atoms with E-state index in [0.29, 0.717) is 24.8 Å². The van der Waals surface area contributed by atoms with E-state index in [1.165, 1.54) is 6.92 Å². The van der Waals surface area contributed by atoms with Crippen LogP contribution in [-0.4, -0.2) is 61.3 Å². The number of hydrogen-bond acceptors (Lipinski definition) is 5. The molecule has 1 aromatic rings. The van der Waals surface area contributed by atoms with Gasteiger partial charge in [0.05, 0.1) is 6.61 Å². The normalized spacial score (nSPS) is 12.7. The van der Waals surface area contributed by atoms with Crippen molar-refractivity contribution in [3.63, 3.8) is 0 Å². The molecule has 9 heteroatoms. The van der Waals surface area contributed by atoms with Gasteiger partial charge in [0.1, 0.15) is 12.1 Å². The number of rotatable bonds is 13. The van der Waals surface area contributed by atoms with Gasteiger partial charge in [0.2, 0.25) is 11.8 Å². The van der Waals surface area contributed by atoms with Crippen molar-refractivity contribution in [1.82, 2.24) is 10.6 Å². The molecule has 0 aromatic heterocycles. The molecule has 0 aliphatic carbocycles. The van der Waals surface area contributed by atoms with Crippen molar-refractivity contribution in [2.45, 2.75) is 46.2 Å². The van der Waals surface area contributed by atoms with E-state index in [2.05, 4.69) is 15.5 Å². The molecule has 174 valence electrons. The van der Waals surface area contributed by atoms with Gasteiger partial charge in [-0.1, -0.05) is 26.0 Å². The van der Waals surface area contributed by atoms with Gasteiger partial charge < -0.3 is 20.3 Å². The first-order valence-electron chi connectivity index (χ1n) is 10.4. The largest absolute Gasteiger partial charge is 0.464 e. The molecule has 1 aromatic carbocycles. The molecule has 0 radical (unpaired) electrons. The van der Waals surface area contributed by atoms with Gasteiger partial charge >= 0.3 is 5.97 Å². The Morgan fingerprint density at radius 3 is 2.06 bits per heavy atom. The molecular formula is C22H33Cl2N3O4. The van der Waals surface area contributed by atoms with Gasteiger partial charge in [0.15, 0.2) is 0 Å². The lowest BCUT2D eigenvalue weighted by atomic mass is 10.0. The lowest BCUT2D eigenvalue weighted by Gasteiger charge is -2.25. The van der Waals surface area contributed by atoms with Gasteiger partial charge in [-0.15, -0.1) is 23.2 Å². The van der Waals surface area contributed by atoms with E-state index < -0.39 is 24.0 Å². The molecule has 2 N–H and O–H groups in total. The summed E-state index contributed by atoms with van der Waals surface area (Å²) < 4.78 is 5.06. The van der Waals surface area contributed by atoms with Crippen LogP contribution >= 0.6 is 23.2 Å². The van der Waals surface area contributed by atoms with E-state index in [-0.39, 0.29) is 24.9 Å². The topological polar surface area (TPSA) is 87.7 Å². The molecule has 0 heterocycles.